The highest BCUT2D eigenvalue weighted by molar-refractivity contribution is 8.13. The third-order valence-corrected chi connectivity index (χ3v) is 5.30. The Morgan fingerprint density at radius 2 is 1.77 bits per heavy atom. The second-order valence-corrected chi connectivity index (χ2v) is 10.4. The van der Waals surface area contributed by atoms with E-state index in [0.29, 0.717) is 0 Å². The fourth-order valence-electron chi connectivity index (χ4n) is 3.43. The number of hydrogen-bond acceptors (Lipinski definition) is 4. The van der Waals surface area contributed by atoms with Gasteiger partial charge in [0.2, 0.25) is 9.05 Å². The molecule has 1 amide bonds. The third-order valence-electron chi connectivity index (χ3n) is 4.06. The van der Waals surface area contributed by atoms with Gasteiger partial charge in [0, 0.05) is 22.1 Å². The van der Waals surface area contributed by atoms with E-state index in [1.54, 1.807) is 20.8 Å². The molecule has 1 atom stereocenters. The van der Waals surface area contributed by atoms with E-state index in [1.807, 2.05) is 13.8 Å². The Kier molecular flexibility index (Phi) is 6.18. The first-order valence-electron chi connectivity index (χ1n) is 7.76. The molecule has 0 spiro atoms. The predicted octanol–water partition coefficient (Wildman–Crippen LogP) is 3.66. The molecule has 1 saturated carbocycles. The first-order valence-corrected chi connectivity index (χ1v) is 10.2. The molecule has 0 bridgehead atoms. The van der Waals surface area contributed by atoms with Crippen molar-refractivity contribution in [2.75, 3.05) is 5.75 Å². The summed E-state index contributed by atoms with van der Waals surface area (Å²) in [5.41, 5.74) is -1.10. The fraction of sp³-hybridized carbons (Fsp3) is 0.933. The minimum Gasteiger partial charge on any atom is -0.444 e. The SMILES string of the molecule is CC(C)C(NC(=O)OC(C)(C)C)C1(CS(=O)(=O)Cl)CCCC1. The quantitative estimate of drug-likeness (QED) is 0.765. The molecule has 1 unspecified atom stereocenters. The van der Waals surface area contributed by atoms with Gasteiger partial charge >= 0.3 is 6.09 Å². The standard InChI is InChI=1S/C15H28ClNO4S/c1-11(2)12(17-13(18)21-14(3,4)5)15(8-6-7-9-15)10-22(16,19)20/h11-12H,6-10H2,1-5H3,(H,17,18). The maximum absolute atomic E-state index is 12.1. The Labute approximate surface area is 138 Å². The van der Waals surface area contributed by atoms with Crippen LogP contribution in [0.25, 0.3) is 0 Å². The molecule has 0 heterocycles. The number of ether oxygens (including phenoxy) is 1. The number of carbonyl (C=O) groups is 1. The Balaban J connectivity index is 2.98. The molecule has 130 valence electrons. The van der Waals surface area contributed by atoms with Gasteiger partial charge in [-0.2, -0.15) is 0 Å². The number of rotatable bonds is 5. The van der Waals surface area contributed by atoms with Gasteiger partial charge in [-0.3, -0.25) is 0 Å². The van der Waals surface area contributed by atoms with E-state index in [2.05, 4.69) is 5.32 Å². The largest absolute Gasteiger partial charge is 0.444 e. The van der Waals surface area contributed by atoms with Gasteiger partial charge in [-0.05, 0) is 39.5 Å². The van der Waals surface area contributed by atoms with Crippen molar-refractivity contribution in [2.24, 2.45) is 11.3 Å². The van der Waals surface area contributed by atoms with Crippen LogP contribution in [-0.4, -0.2) is 31.9 Å². The Bertz CT molecular complexity index is 490. The molecule has 0 aromatic rings. The molecule has 0 aromatic heterocycles. The molecule has 0 aromatic carbocycles. The summed E-state index contributed by atoms with van der Waals surface area (Å²) in [7, 11) is 1.89. The summed E-state index contributed by atoms with van der Waals surface area (Å²) in [5.74, 6) is -0.0238. The molecular formula is C15H28ClNO4S. The lowest BCUT2D eigenvalue weighted by molar-refractivity contribution is 0.0418. The highest BCUT2D eigenvalue weighted by atomic mass is 35.7. The Hall–Kier alpha value is -0.490. The average Bonchev–Trinajstić information content (AvgIpc) is 2.69. The van der Waals surface area contributed by atoms with Gasteiger partial charge in [0.25, 0.3) is 0 Å². The van der Waals surface area contributed by atoms with Crippen molar-refractivity contribution in [3.05, 3.63) is 0 Å². The van der Waals surface area contributed by atoms with Crippen LogP contribution in [0.1, 0.15) is 60.3 Å². The maximum Gasteiger partial charge on any atom is 0.407 e. The average molecular weight is 354 g/mol. The van der Waals surface area contributed by atoms with Gasteiger partial charge in [0.1, 0.15) is 5.60 Å². The van der Waals surface area contributed by atoms with Crippen LogP contribution in [0.2, 0.25) is 0 Å². The predicted molar refractivity (Wildman–Crippen MR) is 88.5 cm³/mol. The number of carbonyl (C=O) groups excluding carboxylic acids is 1. The number of halogens is 1. The molecule has 7 heteroatoms. The normalized spacial score (nSPS) is 20.0. The molecule has 5 nitrogen and oxygen atoms in total. The van der Waals surface area contributed by atoms with Crippen molar-refractivity contribution in [1.82, 2.24) is 5.32 Å². The Morgan fingerprint density at radius 1 is 1.27 bits per heavy atom. The zero-order valence-electron chi connectivity index (χ0n) is 14.1. The number of alkyl carbamates (subject to hydrolysis) is 1. The molecule has 22 heavy (non-hydrogen) atoms. The minimum atomic E-state index is -3.64. The lowest BCUT2D eigenvalue weighted by Crippen LogP contribution is -2.53. The Morgan fingerprint density at radius 3 is 2.14 bits per heavy atom. The van der Waals surface area contributed by atoms with Crippen molar-refractivity contribution in [2.45, 2.75) is 71.9 Å². The number of hydrogen-bond donors (Lipinski definition) is 1. The van der Waals surface area contributed by atoms with E-state index in [1.165, 1.54) is 0 Å². The van der Waals surface area contributed by atoms with Crippen molar-refractivity contribution in [1.29, 1.82) is 0 Å². The molecule has 0 aliphatic heterocycles. The molecule has 1 N–H and O–H groups in total. The summed E-state index contributed by atoms with van der Waals surface area (Å²) in [6, 6.07) is -0.279. The zero-order chi connectivity index (χ0) is 17.2. The van der Waals surface area contributed by atoms with Gasteiger partial charge in [-0.15, -0.1) is 0 Å². The van der Waals surface area contributed by atoms with Crippen molar-refractivity contribution in [3.63, 3.8) is 0 Å². The first-order chi connectivity index (χ1) is 9.85. The van der Waals surface area contributed by atoms with E-state index in [0.717, 1.165) is 25.7 Å². The summed E-state index contributed by atoms with van der Waals surface area (Å²) in [5, 5.41) is 2.89. The van der Waals surface area contributed by atoms with Crippen LogP contribution in [0.15, 0.2) is 0 Å². The second-order valence-electron chi connectivity index (χ2n) is 7.62. The fourth-order valence-corrected chi connectivity index (χ4v) is 5.24. The van der Waals surface area contributed by atoms with Crippen LogP contribution in [0, 0.1) is 11.3 Å². The van der Waals surface area contributed by atoms with Crippen molar-refractivity contribution >= 4 is 25.8 Å². The summed E-state index contributed by atoms with van der Waals surface area (Å²) in [6.45, 7) is 9.34. The maximum atomic E-state index is 12.1. The van der Waals surface area contributed by atoms with Gasteiger partial charge in [-0.1, -0.05) is 26.7 Å². The van der Waals surface area contributed by atoms with Crippen LogP contribution in [-0.2, 0) is 13.8 Å². The van der Waals surface area contributed by atoms with Crippen molar-refractivity contribution in [3.8, 4) is 0 Å². The van der Waals surface area contributed by atoms with Crippen LogP contribution >= 0.6 is 10.7 Å². The third kappa shape index (κ3) is 5.95. The number of nitrogens with one attached hydrogen (secondary N) is 1. The summed E-state index contributed by atoms with van der Waals surface area (Å²) in [4.78, 5) is 12.1. The molecule has 0 saturated heterocycles. The van der Waals surface area contributed by atoms with Gasteiger partial charge in [0.15, 0.2) is 0 Å². The summed E-state index contributed by atoms with van der Waals surface area (Å²) >= 11 is 0. The van der Waals surface area contributed by atoms with Gasteiger partial charge < -0.3 is 10.1 Å². The van der Waals surface area contributed by atoms with Gasteiger partial charge in [-0.25, -0.2) is 13.2 Å². The molecule has 1 aliphatic rings. The number of amides is 1. The van der Waals surface area contributed by atoms with E-state index in [-0.39, 0.29) is 17.7 Å². The van der Waals surface area contributed by atoms with Crippen LogP contribution < -0.4 is 5.32 Å². The lowest BCUT2D eigenvalue weighted by Gasteiger charge is -2.40. The van der Waals surface area contributed by atoms with Crippen LogP contribution in [0.4, 0.5) is 4.79 Å². The van der Waals surface area contributed by atoms with E-state index >= 15 is 0 Å². The van der Waals surface area contributed by atoms with Crippen LogP contribution in [0.3, 0.4) is 0 Å². The van der Waals surface area contributed by atoms with E-state index in [4.69, 9.17) is 15.4 Å². The molecule has 1 rings (SSSR count). The minimum absolute atomic E-state index is 0.0871. The van der Waals surface area contributed by atoms with Crippen LogP contribution in [0.5, 0.6) is 0 Å². The first kappa shape index (κ1) is 19.6. The molecule has 0 radical (unpaired) electrons. The topological polar surface area (TPSA) is 72.5 Å². The molecular weight excluding hydrogens is 326 g/mol. The molecule has 1 fully saturated rings. The highest BCUT2D eigenvalue weighted by Crippen LogP contribution is 2.45. The van der Waals surface area contributed by atoms with E-state index in [9.17, 15) is 13.2 Å². The summed E-state index contributed by atoms with van der Waals surface area (Å²) < 4.78 is 28.6. The van der Waals surface area contributed by atoms with Crippen molar-refractivity contribution < 1.29 is 17.9 Å². The summed E-state index contributed by atoms with van der Waals surface area (Å²) in [6.07, 6.45) is 2.89. The van der Waals surface area contributed by atoms with E-state index < -0.39 is 26.2 Å². The smallest absolute Gasteiger partial charge is 0.407 e. The zero-order valence-corrected chi connectivity index (χ0v) is 15.7. The second kappa shape index (κ2) is 6.95. The highest BCUT2D eigenvalue weighted by Gasteiger charge is 2.46. The monoisotopic (exact) mass is 353 g/mol. The molecule has 1 aliphatic carbocycles. The van der Waals surface area contributed by atoms with Gasteiger partial charge in [0.05, 0.1) is 5.75 Å². The lowest BCUT2D eigenvalue weighted by atomic mass is 9.75.